The van der Waals surface area contributed by atoms with Crippen LogP contribution in [0.4, 0.5) is 11.4 Å². The number of non-ortho nitro benzene ring substituents is 1. The van der Waals surface area contributed by atoms with Crippen LogP contribution in [-0.2, 0) is 14.3 Å². The van der Waals surface area contributed by atoms with Crippen LogP contribution in [0.1, 0.15) is 25.7 Å². The minimum atomic E-state index is -0.574. The molecule has 1 aromatic carbocycles. The molecule has 0 spiro atoms. The summed E-state index contributed by atoms with van der Waals surface area (Å²) in [4.78, 5) is 33.8. The van der Waals surface area contributed by atoms with E-state index in [2.05, 4.69) is 5.32 Å². The number of carbonyl (C=O) groups is 2. The number of carbonyl (C=O) groups excluding carboxylic acids is 2. The Morgan fingerprint density at radius 1 is 1.35 bits per heavy atom. The molecule has 1 fully saturated rings. The minimum Gasteiger partial charge on any atom is -0.495 e. The van der Waals surface area contributed by atoms with E-state index >= 15 is 0 Å². The summed E-state index contributed by atoms with van der Waals surface area (Å²) < 4.78 is 10.0. The Kier molecular flexibility index (Phi) is 5.51. The Balaban J connectivity index is 1.94. The molecule has 1 saturated carbocycles. The number of nitro benzene ring substituents is 1. The van der Waals surface area contributed by atoms with Crippen molar-refractivity contribution in [2.75, 3.05) is 19.0 Å². The third kappa shape index (κ3) is 4.41. The van der Waals surface area contributed by atoms with Gasteiger partial charge in [-0.3, -0.25) is 19.7 Å². The Morgan fingerprint density at radius 2 is 2.04 bits per heavy atom. The maximum absolute atomic E-state index is 11.9. The number of methoxy groups -OCH3 is 1. The first-order valence-corrected chi connectivity index (χ1v) is 7.30. The van der Waals surface area contributed by atoms with Gasteiger partial charge in [-0.25, -0.2) is 0 Å². The van der Waals surface area contributed by atoms with Crippen molar-refractivity contribution in [1.29, 1.82) is 0 Å². The lowest BCUT2D eigenvalue weighted by atomic mass is 10.1. The first kappa shape index (κ1) is 16.7. The van der Waals surface area contributed by atoms with Gasteiger partial charge in [-0.2, -0.15) is 0 Å². The topological polar surface area (TPSA) is 108 Å². The maximum Gasteiger partial charge on any atom is 0.309 e. The average Bonchev–Trinajstić information content (AvgIpc) is 3.07. The van der Waals surface area contributed by atoms with Crippen LogP contribution in [0.2, 0.25) is 0 Å². The molecule has 1 aliphatic rings. The standard InChI is InChI=1S/C15H18N2O6/c1-22-13-7-6-11(17(20)21)8-12(13)16-14(18)9-23-15(19)10-4-2-3-5-10/h6-8,10H,2-5,9H2,1H3,(H,16,18). The van der Waals surface area contributed by atoms with E-state index in [-0.39, 0.29) is 29.0 Å². The van der Waals surface area contributed by atoms with Gasteiger partial charge in [0.15, 0.2) is 6.61 Å². The molecule has 0 aromatic heterocycles. The third-order valence-electron chi connectivity index (χ3n) is 3.70. The highest BCUT2D eigenvalue weighted by molar-refractivity contribution is 5.94. The monoisotopic (exact) mass is 322 g/mol. The van der Waals surface area contributed by atoms with Crippen LogP contribution in [0.3, 0.4) is 0 Å². The van der Waals surface area contributed by atoms with Crippen LogP contribution in [0, 0.1) is 16.0 Å². The molecule has 2 rings (SSSR count). The smallest absolute Gasteiger partial charge is 0.309 e. The Labute approximate surface area is 132 Å². The fraction of sp³-hybridized carbons (Fsp3) is 0.467. The zero-order valence-corrected chi connectivity index (χ0v) is 12.7. The second-order valence-electron chi connectivity index (χ2n) is 5.28. The van der Waals surface area contributed by atoms with Crippen molar-refractivity contribution in [2.45, 2.75) is 25.7 Å². The number of anilines is 1. The van der Waals surface area contributed by atoms with Crippen molar-refractivity contribution < 1.29 is 24.0 Å². The molecule has 1 amide bonds. The van der Waals surface area contributed by atoms with Gasteiger partial charge >= 0.3 is 5.97 Å². The average molecular weight is 322 g/mol. The van der Waals surface area contributed by atoms with Crippen molar-refractivity contribution in [3.63, 3.8) is 0 Å². The van der Waals surface area contributed by atoms with Crippen LogP contribution < -0.4 is 10.1 Å². The number of ether oxygens (including phenoxy) is 2. The first-order valence-electron chi connectivity index (χ1n) is 7.30. The normalized spacial score (nSPS) is 14.3. The predicted molar refractivity (Wildman–Crippen MR) is 81.2 cm³/mol. The van der Waals surface area contributed by atoms with E-state index in [0.29, 0.717) is 0 Å². The van der Waals surface area contributed by atoms with Gasteiger partial charge in [-0.05, 0) is 18.9 Å². The highest BCUT2D eigenvalue weighted by Gasteiger charge is 2.24. The van der Waals surface area contributed by atoms with Gasteiger partial charge < -0.3 is 14.8 Å². The summed E-state index contributed by atoms with van der Waals surface area (Å²) in [6, 6.07) is 3.85. The van der Waals surface area contributed by atoms with Crippen molar-refractivity contribution in [2.24, 2.45) is 5.92 Å². The molecule has 0 unspecified atom stereocenters. The van der Waals surface area contributed by atoms with Crippen LogP contribution in [0.5, 0.6) is 5.75 Å². The molecular formula is C15H18N2O6. The summed E-state index contributed by atoms with van der Waals surface area (Å²) in [6.45, 7) is -0.429. The number of rotatable bonds is 6. The second kappa shape index (κ2) is 7.57. The molecule has 0 heterocycles. The quantitative estimate of drug-likeness (QED) is 0.489. The fourth-order valence-electron chi connectivity index (χ4n) is 2.51. The number of nitro groups is 1. The number of benzene rings is 1. The molecule has 8 heteroatoms. The molecule has 1 aliphatic carbocycles. The number of nitrogens with one attached hydrogen (secondary N) is 1. The summed E-state index contributed by atoms with van der Waals surface area (Å²) in [5, 5.41) is 13.2. The van der Waals surface area contributed by atoms with Crippen molar-refractivity contribution in [3.05, 3.63) is 28.3 Å². The highest BCUT2D eigenvalue weighted by atomic mass is 16.6. The molecule has 0 aliphatic heterocycles. The zero-order chi connectivity index (χ0) is 16.8. The predicted octanol–water partition coefficient (Wildman–Crippen LogP) is 2.28. The molecule has 0 bridgehead atoms. The van der Waals surface area contributed by atoms with Gasteiger partial charge in [0.1, 0.15) is 5.75 Å². The van der Waals surface area contributed by atoms with Gasteiger partial charge in [0.2, 0.25) is 0 Å². The van der Waals surface area contributed by atoms with E-state index in [4.69, 9.17) is 9.47 Å². The fourth-order valence-corrected chi connectivity index (χ4v) is 2.51. The van der Waals surface area contributed by atoms with E-state index in [1.54, 1.807) is 0 Å². The second-order valence-corrected chi connectivity index (χ2v) is 5.28. The Bertz CT molecular complexity index is 610. The molecule has 0 radical (unpaired) electrons. The molecule has 124 valence electrons. The van der Waals surface area contributed by atoms with Gasteiger partial charge in [-0.1, -0.05) is 12.8 Å². The molecule has 8 nitrogen and oxygen atoms in total. The summed E-state index contributed by atoms with van der Waals surface area (Å²) in [6.07, 6.45) is 3.58. The van der Waals surface area contributed by atoms with Crippen LogP contribution >= 0.6 is 0 Å². The lowest BCUT2D eigenvalue weighted by Gasteiger charge is -2.11. The molecule has 23 heavy (non-hydrogen) atoms. The van der Waals surface area contributed by atoms with Crippen molar-refractivity contribution >= 4 is 23.3 Å². The van der Waals surface area contributed by atoms with E-state index < -0.39 is 17.4 Å². The lowest BCUT2D eigenvalue weighted by molar-refractivity contribution is -0.384. The largest absolute Gasteiger partial charge is 0.495 e. The van der Waals surface area contributed by atoms with Gasteiger partial charge in [0.25, 0.3) is 11.6 Å². The van der Waals surface area contributed by atoms with Gasteiger partial charge in [0.05, 0.1) is 23.6 Å². The summed E-state index contributed by atoms with van der Waals surface area (Å²) in [7, 11) is 1.39. The van der Waals surface area contributed by atoms with Crippen LogP contribution in [0.25, 0.3) is 0 Å². The number of amides is 1. The van der Waals surface area contributed by atoms with Gasteiger partial charge in [0, 0.05) is 12.1 Å². The number of esters is 1. The number of hydrogen-bond donors (Lipinski definition) is 1. The highest BCUT2D eigenvalue weighted by Crippen LogP contribution is 2.29. The molecule has 0 atom stereocenters. The number of nitrogens with zero attached hydrogens (tertiary/aromatic N) is 1. The Morgan fingerprint density at radius 3 is 2.65 bits per heavy atom. The van der Waals surface area contributed by atoms with E-state index in [1.165, 1.54) is 25.3 Å². The summed E-state index contributed by atoms with van der Waals surface area (Å²) in [5.41, 5.74) is -0.0207. The molecule has 1 N–H and O–H groups in total. The minimum absolute atomic E-state index is 0.129. The summed E-state index contributed by atoms with van der Waals surface area (Å²) in [5.74, 6) is -0.792. The summed E-state index contributed by atoms with van der Waals surface area (Å²) >= 11 is 0. The van der Waals surface area contributed by atoms with E-state index in [9.17, 15) is 19.7 Å². The van der Waals surface area contributed by atoms with Crippen molar-refractivity contribution in [3.8, 4) is 5.75 Å². The molecule has 0 saturated heterocycles. The van der Waals surface area contributed by atoms with E-state index in [0.717, 1.165) is 25.7 Å². The Hall–Kier alpha value is -2.64. The van der Waals surface area contributed by atoms with E-state index in [1.807, 2.05) is 0 Å². The van der Waals surface area contributed by atoms with Gasteiger partial charge in [-0.15, -0.1) is 0 Å². The number of hydrogen-bond acceptors (Lipinski definition) is 6. The van der Waals surface area contributed by atoms with Crippen LogP contribution in [0.15, 0.2) is 18.2 Å². The van der Waals surface area contributed by atoms with Crippen molar-refractivity contribution in [1.82, 2.24) is 0 Å². The first-order chi connectivity index (χ1) is 11.0. The molecular weight excluding hydrogens is 304 g/mol. The third-order valence-corrected chi connectivity index (χ3v) is 3.70. The maximum atomic E-state index is 11.9. The molecule has 1 aromatic rings. The van der Waals surface area contributed by atoms with Crippen LogP contribution in [-0.4, -0.2) is 30.5 Å². The lowest BCUT2D eigenvalue weighted by Crippen LogP contribution is -2.24. The SMILES string of the molecule is COc1ccc([N+](=O)[O-])cc1NC(=O)COC(=O)C1CCCC1. The zero-order valence-electron chi connectivity index (χ0n) is 12.7.